The molecular formula is C13H25N3O. The summed E-state index contributed by atoms with van der Waals surface area (Å²) in [5.74, 6) is 0.424. The molecule has 98 valence electrons. The third kappa shape index (κ3) is 2.80. The number of hydrogen-bond donors (Lipinski definition) is 2. The monoisotopic (exact) mass is 239 g/mol. The molecule has 2 N–H and O–H groups in total. The van der Waals surface area contributed by atoms with Gasteiger partial charge in [-0.25, -0.2) is 0 Å². The van der Waals surface area contributed by atoms with Gasteiger partial charge in [0.15, 0.2) is 0 Å². The van der Waals surface area contributed by atoms with E-state index in [-0.39, 0.29) is 17.4 Å². The van der Waals surface area contributed by atoms with Crippen LogP contribution in [0.15, 0.2) is 0 Å². The minimum absolute atomic E-state index is 0.183. The van der Waals surface area contributed by atoms with Crippen molar-refractivity contribution >= 4 is 5.91 Å². The highest BCUT2D eigenvalue weighted by Crippen LogP contribution is 2.35. The summed E-state index contributed by atoms with van der Waals surface area (Å²) in [6.07, 6.45) is 5.87. The van der Waals surface area contributed by atoms with E-state index in [1.54, 1.807) is 0 Å². The maximum Gasteiger partial charge on any atom is 0.224 e. The Morgan fingerprint density at radius 1 is 1.41 bits per heavy atom. The van der Waals surface area contributed by atoms with Crippen molar-refractivity contribution in [2.24, 2.45) is 5.92 Å². The largest absolute Gasteiger partial charge is 0.354 e. The molecule has 0 aromatic heterocycles. The van der Waals surface area contributed by atoms with Crippen molar-refractivity contribution in [2.75, 3.05) is 33.7 Å². The minimum Gasteiger partial charge on any atom is -0.354 e. The van der Waals surface area contributed by atoms with Crippen molar-refractivity contribution in [3.8, 4) is 0 Å². The number of nitrogens with zero attached hydrogens (tertiary/aromatic N) is 1. The third-order valence-corrected chi connectivity index (χ3v) is 4.49. The molecule has 1 heterocycles. The van der Waals surface area contributed by atoms with Gasteiger partial charge in [-0.2, -0.15) is 0 Å². The first-order valence-corrected chi connectivity index (χ1v) is 6.80. The van der Waals surface area contributed by atoms with E-state index in [1.165, 1.54) is 19.3 Å². The first-order valence-electron chi connectivity index (χ1n) is 6.80. The van der Waals surface area contributed by atoms with Crippen molar-refractivity contribution in [3.63, 3.8) is 0 Å². The number of likely N-dealkylation sites (N-methyl/N-ethyl adjacent to an activating group) is 1. The molecule has 4 heteroatoms. The lowest BCUT2D eigenvalue weighted by atomic mass is 9.75. The van der Waals surface area contributed by atoms with Crippen LogP contribution in [0.1, 0.15) is 32.1 Å². The topological polar surface area (TPSA) is 44.4 Å². The van der Waals surface area contributed by atoms with Crippen molar-refractivity contribution in [1.29, 1.82) is 0 Å². The Labute approximate surface area is 104 Å². The number of hydrogen-bond acceptors (Lipinski definition) is 3. The molecule has 1 aliphatic heterocycles. The molecule has 2 aliphatic rings. The van der Waals surface area contributed by atoms with Crippen molar-refractivity contribution < 1.29 is 4.79 Å². The summed E-state index contributed by atoms with van der Waals surface area (Å²) in [5.41, 5.74) is 0.234. The molecule has 1 atom stereocenters. The third-order valence-electron chi connectivity index (χ3n) is 4.49. The summed E-state index contributed by atoms with van der Waals surface area (Å²) in [5, 5.41) is 6.45. The van der Waals surface area contributed by atoms with E-state index in [2.05, 4.69) is 29.6 Å². The van der Waals surface area contributed by atoms with E-state index in [0.29, 0.717) is 0 Å². The lowest BCUT2D eigenvalue weighted by Gasteiger charge is -2.47. The lowest BCUT2D eigenvalue weighted by molar-refractivity contribution is -0.126. The van der Waals surface area contributed by atoms with Gasteiger partial charge in [0.05, 0.1) is 5.92 Å². The average Bonchev–Trinajstić information content (AvgIpc) is 2.28. The second-order valence-electron chi connectivity index (χ2n) is 5.73. The zero-order valence-electron chi connectivity index (χ0n) is 11.1. The second kappa shape index (κ2) is 5.36. The minimum atomic E-state index is 0.183. The summed E-state index contributed by atoms with van der Waals surface area (Å²) < 4.78 is 0. The average molecular weight is 239 g/mol. The fourth-order valence-corrected chi connectivity index (χ4v) is 2.84. The second-order valence-corrected chi connectivity index (χ2v) is 5.73. The normalized spacial score (nSPS) is 27.6. The summed E-state index contributed by atoms with van der Waals surface area (Å²) >= 11 is 0. The van der Waals surface area contributed by atoms with Gasteiger partial charge in [0, 0.05) is 18.6 Å². The molecule has 0 spiro atoms. The Balaban J connectivity index is 1.78. The number of carbonyl (C=O) groups is 1. The van der Waals surface area contributed by atoms with E-state index in [0.717, 1.165) is 32.5 Å². The Hall–Kier alpha value is -0.610. The summed E-state index contributed by atoms with van der Waals surface area (Å²) in [6.45, 7) is 2.72. The van der Waals surface area contributed by atoms with Gasteiger partial charge in [0.25, 0.3) is 0 Å². The van der Waals surface area contributed by atoms with Crippen LogP contribution in [0.5, 0.6) is 0 Å². The summed E-state index contributed by atoms with van der Waals surface area (Å²) in [6, 6.07) is 0. The van der Waals surface area contributed by atoms with Crippen LogP contribution in [-0.4, -0.2) is 50.1 Å². The van der Waals surface area contributed by atoms with Gasteiger partial charge in [0.1, 0.15) is 0 Å². The maximum atomic E-state index is 12.0. The number of carbonyl (C=O) groups excluding carboxylic acids is 1. The van der Waals surface area contributed by atoms with Crippen LogP contribution in [0, 0.1) is 5.92 Å². The molecule has 4 nitrogen and oxygen atoms in total. The van der Waals surface area contributed by atoms with Crippen molar-refractivity contribution in [2.45, 2.75) is 37.6 Å². The standard InChI is InChI=1S/C13H25N3O/c1-16(2)13(6-4-7-13)10-15-12(17)11-5-3-8-14-9-11/h11,14H,3-10H2,1-2H3,(H,15,17)/t11-/m0/s1. The van der Waals surface area contributed by atoms with Gasteiger partial charge in [0.2, 0.25) is 5.91 Å². The van der Waals surface area contributed by atoms with Crippen LogP contribution in [0.3, 0.4) is 0 Å². The SMILES string of the molecule is CN(C)C1(CNC(=O)[C@H]2CCCNC2)CCC1. The fraction of sp³-hybridized carbons (Fsp3) is 0.923. The highest BCUT2D eigenvalue weighted by atomic mass is 16.1. The summed E-state index contributed by atoms with van der Waals surface area (Å²) in [4.78, 5) is 14.3. The predicted octanol–water partition coefficient (Wildman–Crippen LogP) is 0.586. The van der Waals surface area contributed by atoms with Gasteiger partial charge < -0.3 is 15.5 Å². The van der Waals surface area contributed by atoms with Crippen LogP contribution in [0.2, 0.25) is 0 Å². The molecule has 17 heavy (non-hydrogen) atoms. The maximum absolute atomic E-state index is 12.0. The van der Waals surface area contributed by atoms with Crippen LogP contribution in [0.4, 0.5) is 0 Å². The van der Waals surface area contributed by atoms with E-state index in [4.69, 9.17) is 0 Å². The van der Waals surface area contributed by atoms with E-state index in [1.807, 2.05) is 0 Å². The van der Waals surface area contributed by atoms with Crippen LogP contribution >= 0.6 is 0 Å². The Morgan fingerprint density at radius 2 is 2.18 bits per heavy atom. The Bertz CT molecular complexity index is 268. The molecule has 1 amide bonds. The van der Waals surface area contributed by atoms with Crippen LogP contribution in [0.25, 0.3) is 0 Å². The number of rotatable bonds is 4. The smallest absolute Gasteiger partial charge is 0.224 e. The Morgan fingerprint density at radius 3 is 2.65 bits per heavy atom. The highest BCUT2D eigenvalue weighted by Gasteiger charge is 2.39. The lowest BCUT2D eigenvalue weighted by Crippen LogP contribution is -2.58. The number of piperidine rings is 1. The molecule has 0 aromatic carbocycles. The predicted molar refractivity (Wildman–Crippen MR) is 68.9 cm³/mol. The highest BCUT2D eigenvalue weighted by molar-refractivity contribution is 5.79. The molecule has 1 aliphatic carbocycles. The number of amides is 1. The van der Waals surface area contributed by atoms with E-state index < -0.39 is 0 Å². The molecule has 1 saturated carbocycles. The van der Waals surface area contributed by atoms with Crippen LogP contribution < -0.4 is 10.6 Å². The van der Waals surface area contributed by atoms with Gasteiger partial charge in [-0.1, -0.05) is 0 Å². The molecular weight excluding hydrogens is 214 g/mol. The summed E-state index contributed by atoms with van der Waals surface area (Å²) in [7, 11) is 4.24. The van der Waals surface area contributed by atoms with Crippen LogP contribution in [-0.2, 0) is 4.79 Å². The first kappa shape index (κ1) is 12.8. The zero-order valence-corrected chi connectivity index (χ0v) is 11.1. The zero-order chi connectivity index (χ0) is 12.3. The molecule has 2 rings (SSSR count). The van der Waals surface area contributed by atoms with Crippen molar-refractivity contribution in [1.82, 2.24) is 15.5 Å². The molecule has 0 aromatic rings. The molecule has 1 saturated heterocycles. The molecule has 0 bridgehead atoms. The van der Waals surface area contributed by atoms with E-state index >= 15 is 0 Å². The van der Waals surface area contributed by atoms with Gasteiger partial charge in [-0.05, 0) is 52.7 Å². The first-order chi connectivity index (χ1) is 8.14. The Kier molecular flexibility index (Phi) is 4.05. The quantitative estimate of drug-likeness (QED) is 0.754. The molecule has 2 fully saturated rings. The number of nitrogens with one attached hydrogen (secondary N) is 2. The fourth-order valence-electron chi connectivity index (χ4n) is 2.84. The van der Waals surface area contributed by atoms with E-state index in [9.17, 15) is 4.79 Å². The van der Waals surface area contributed by atoms with Gasteiger partial charge in [-0.15, -0.1) is 0 Å². The molecule has 0 radical (unpaired) electrons. The molecule has 0 unspecified atom stereocenters. The van der Waals surface area contributed by atoms with Gasteiger partial charge >= 0.3 is 0 Å². The van der Waals surface area contributed by atoms with Crippen molar-refractivity contribution in [3.05, 3.63) is 0 Å². The van der Waals surface area contributed by atoms with Gasteiger partial charge in [-0.3, -0.25) is 4.79 Å².